The molecule has 1 aliphatic carbocycles. The molecule has 0 spiro atoms. The molecule has 1 aromatic rings. The van der Waals surface area contributed by atoms with Gasteiger partial charge in [0.1, 0.15) is 17.1 Å². The number of nitrogens with one attached hydrogen (secondary N) is 1. The van der Waals surface area contributed by atoms with Crippen LogP contribution in [0.3, 0.4) is 0 Å². The smallest absolute Gasteiger partial charge is 0.258 e. The van der Waals surface area contributed by atoms with E-state index in [1.54, 1.807) is 0 Å². The predicted octanol–water partition coefficient (Wildman–Crippen LogP) is 2.20. The Morgan fingerprint density at radius 3 is 2.65 bits per heavy atom. The van der Waals surface area contributed by atoms with E-state index in [1.165, 1.54) is 12.1 Å². The number of amides is 1. The molecule has 20 heavy (non-hydrogen) atoms. The quantitative estimate of drug-likeness (QED) is 0.795. The first kappa shape index (κ1) is 14.8. The van der Waals surface area contributed by atoms with Gasteiger partial charge in [-0.2, -0.15) is 0 Å². The van der Waals surface area contributed by atoms with Crippen LogP contribution in [0.15, 0.2) is 18.2 Å². The topological polar surface area (TPSA) is 69.6 Å². The number of aromatic hydroxyl groups is 1. The summed E-state index contributed by atoms with van der Waals surface area (Å²) in [6.07, 6.45) is 3.13. The molecule has 0 radical (unpaired) electrons. The zero-order valence-corrected chi connectivity index (χ0v) is 11.5. The molecular formula is C15H20FNO3. The van der Waals surface area contributed by atoms with Gasteiger partial charge < -0.3 is 15.5 Å². The van der Waals surface area contributed by atoms with Crippen LogP contribution >= 0.6 is 0 Å². The molecule has 0 saturated heterocycles. The van der Waals surface area contributed by atoms with Crippen molar-refractivity contribution in [2.75, 3.05) is 6.61 Å². The number of halogens is 1. The fourth-order valence-corrected chi connectivity index (χ4v) is 2.68. The van der Waals surface area contributed by atoms with E-state index in [0.717, 1.165) is 18.9 Å². The van der Waals surface area contributed by atoms with Crippen LogP contribution in [0.1, 0.15) is 43.0 Å². The van der Waals surface area contributed by atoms with Crippen molar-refractivity contribution in [2.24, 2.45) is 5.92 Å². The van der Waals surface area contributed by atoms with Crippen LogP contribution in [-0.2, 0) is 0 Å². The molecule has 1 aliphatic rings. The highest BCUT2D eigenvalue weighted by atomic mass is 19.1. The second-order valence-electron chi connectivity index (χ2n) is 5.71. The largest absolute Gasteiger partial charge is 0.507 e. The molecule has 0 bridgehead atoms. The summed E-state index contributed by atoms with van der Waals surface area (Å²) in [5.74, 6) is -1.27. The lowest BCUT2D eigenvalue weighted by Crippen LogP contribution is -2.53. The van der Waals surface area contributed by atoms with Gasteiger partial charge in [0.25, 0.3) is 5.91 Å². The summed E-state index contributed by atoms with van der Waals surface area (Å²) in [5.41, 5.74) is -1.07. The van der Waals surface area contributed by atoms with E-state index in [0.29, 0.717) is 18.8 Å². The van der Waals surface area contributed by atoms with Crippen LogP contribution in [0.5, 0.6) is 5.75 Å². The second kappa shape index (κ2) is 5.79. The van der Waals surface area contributed by atoms with Gasteiger partial charge >= 0.3 is 0 Å². The molecule has 0 unspecified atom stereocenters. The lowest BCUT2D eigenvalue weighted by Gasteiger charge is -2.38. The van der Waals surface area contributed by atoms with E-state index in [4.69, 9.17) is 0 Å². The summed E-state index contributed by atoms with van der Waals surface area (Å²) in [7, 11) is 0. The minimum absolute atomic E-state index is 0.180. The van der Waals surface area contributed by atoms with Crippen molar-refractivity contribution in [3.05, 3.63) is 29.6 Å². The van der Waals surface area contributed by atoms with Gasteiger partial charge in [0.2, 0.25) is 0 Å². The highest BCUT2D eigenvalue weighted by Crippen LogP contribution is 2.32. The van der Waals surface area contributed by atoms with Crippen LogP contribution < -0.4 is 5.32 Å². The minimum atomic E-state index is -0.764. The zero-order chi connectivity index (χ0) is 14.8. The third-order valence-electron chi connectivity index (χ3n) is 4.13. The molecule has 1 aromatic carbocycles. The molecule has 0 atom stereocenters. The van der Waals surface area contributed by atoms with E-state index in [-0.39, 0.29) is 17.9 Å². The number of carbonyl (C=O) groups is 1. The summed E-state index contributed by atoms with van der Waals surface area (Å²) >= 11 is 0. The van der Waals surface area contributed by atoms with Gasteiger partial charge in [0, 0.05) is 0 Å². The molecule has 4 nitrogen and oxygen atoms in total. The van der Waals surface area contributed by atoms with Gasteiger partial charge in [-0.3, -0.25) is 4.79 Å². The Balaban J connectivity index is 2.18. The minimum Gasteiger partial charge on any atom is -0.507 e. The Morgan fingerprint density at radius 2 is 2.10 bits per heavy atom. The number of phenolic OH excluding ortho intramolecular Hbond substituents is 1. The summed E-state index contributed by atoms with van der Waals surface area (Å²) in [6.45, 7) is 1.95. The molecule has 1 saturated carbocycles. The highest BCUT2D eigenvalue weighted by molar-refractivity contribution is 5.97. The first-order valence-electron chi connectivity index (χ1n) is 6.88. The summed E-state index contributed by atoms with van der Waals surface area (Å²) in [4.78, 5) is 12.2. The second-order valence-corrected chi connectivity index (χ2v) is 5.71. The monoisotopic (exact) mass is 281 g/mol. The first-order chi connectivity index (χ1) is 9.47. The van der Waals surface area contributed by atoms with Crippen molar-refractivity contribution in [3.8, 4) is 5.75 Å². The maximum atomic E-state index is 13.7. The molecular weight excluding hydrogens is 261 g/mol. The molecule has 1 fully saturated rings. The van der Waals surface area contributed by atoms with Crippen molar-refractivity contribution >= 4 is 5.91 Å². The zero-order valence-electron chi connectivity index (χ0n) is 11.5. The fraction of sp³-hybridized carbons (Fsp3) is 0.533. The number of hydrogen-bond donors (Lipinski definition) is 3. The van der Waals surface area contributed by atoms with Crippen molar-refractivity contribution < 1.29 is 19.4 Å². The Hall–Kier alpha value is -1.62. The van der Waals surface area contributed by atoms with Crippen molar-refractivity contribution in [2.45, 2.75) is 38.1 Å². The van der Waals surface area contributed by atoms with E-state index in [9.17, 15) is 19.4 Å². The van der Waals surface area contributed by atoms with E-state index >= 15 is 0 Å². The third-order valence-corrected chi connectivity index (χ3v) is 4.13. The lowest BCUT2D eigenvalue weighted by atomic mass is 9.77. The lowest BCUT2D eigenvalue weighted by molar-refractivity contribution is 0.0711. The van der Waals surface area contributed by atoms with E-state index < -0.39 is 17.3 Å². The van der Waals surface area contributed by atoms with Gasteiger partial charge in [0.05, 0.1) is 12.1 Å². The van der Waals surface area contributed by atoms with Crippen LogP contribution in [0.4, 0.5) is 4.39 Å². The average Bonchev–Trinajstić information content (AvgIpc) is 2.41. The number of aliphatic hydroxyl groups excluding tert-OH is 1. The van der Waals surface area contributed by atoms with Crippen LogP contribution in [0.2, 0.25) is 0 Å². The van der Waals surface area contributed by atoms with Crippen LogP contribution in [-0.4, -0.2) is 28.3 Å². The van der Waals surface area contributed by atoms with Crippen LogP contribution in [0.25, 0.3) is 0 Å². The number of aliphatic hydroxyl groups is 1. The normalized spacial score (nSPS) is 26.2. The van der Waals surface area contributed by atoms with Crippen molar-refractivity contribution in [1.29, 1.82) is 0 Å². The molecule has 1 amide bonds. The molecule has 2 rings (SSSR count). The third kappa shape index (κ3) is 2.93. The molecule has 3 N–H and O–H groups in total. The van der Waals surface area contributed by atoms with Gasteiger partial charge in [-0.15, -0.1) is 0 Å². The Morgan fingerprint density at radius 1 is 1.45 bits per heavy atom. The molecule has 5 heteroatoms. The van der Waals surface area contributed by atoms with Crippen LogP contribution in [0, 0.1) is 11.7 Å². The molecule has 0 heterocycles. The molecule has 0 aliphatic heterocycles. The summed E-state index contributed by atoms with van der Waals surface area (Å²) in [6, 6.07) is 3.74. The number of rotatable bonds is 3. The SMILES string of the molecule is CC1CCC(CO)(NC(=O)c2c(O)cccc2F)CC1. The van der Waals surface area contributed by atoms with Gasteiger partial charge in [-0.05, 0) is 43.7 Å². The maximum absolute atomic E-state index is 13.7. The Bertz CT molecular complexity index is 476. The summed E-state index contributed by atoms with van der Waals surface area (Å²) < 4.78 is 13.7. The number of hydrogen-bond acceptors (Lipinski definition) is 3. The van der Waals surface area contributed by atoms with Gasteiger partial charge in [-0.25, -0.2) is 4.39 Å². The number of phenols is 1. The number of benzene rings is 1. The summed E-state index contributed by atoms with van der Waals surface area (Å²) in [5, 5.41) is 21.9. The average molecular weight is 281 g/mol. The Labute approximate surface area is 117 Å². The maximum Gasteiger partial charge on any atom is 0.258 e. The fourth-order valence-electron chi connectivity index (χ4n) is 2.68. The standard InChI is InChI=1S/C15H20FNO3/c1-10-5-7-15(9-18,8-6-10)17-14(20)13-11(16)3-2-4-12(13)19/h2-4,10,18-19H,5-9H2,1H3,(H,17,20). The van der Waals surface area contributed by atoms with Crippen molar-refractivity contribution in [1.82, 2.24) is 5.32 Å². The Kier molecular flexibility index (Phi) is 4.28. The van der Waals surface area contributed by atoms with E-state index in [2.05, 4.69) is 12.2 Å². The number of carbonyl (C=O) groups excluding carboxylic acids is 1. The molecule has 110 valence electrons. The van der Waals surface area contributed by atoms with E-state index in [1.807, 2.05) is 0 Å². The van der Waals surface area contributed by atoms with Gasteiger partial charge in [0.15, 0.2) is 0 Å². The predicted molar refractivity (Wildman–Crippen MR) is 73.0 cm³/mol. The van der Waals surface area contributed by atoms with Gasteiger partial charge in [-0.1, -0.05) is 13.0 Å². The molecule has 0 aromatic heterocycles. The highest BCUT2D eigenvalue weighted by Gasteiger charge is 2.36. The van der Waals surface area contributed by atoms with Crippen molar-refractivity contribution in [3.63, 3.8) is 0 Å². The first-order valence-corrected chi connectivity index (χ1v) is 6.88.